The first-order valence-electron chi connectivity index (χ1n) is 9.89. The van der Waals surface area contributed by atoms with Gasteiger partial charge in [-0.2, -0.15) is 0 Å². The predicted octanol–water partition coefficient (Wildman–Crippen LogP) is 5.58. The molecule has 2 aromatic heterocycles. The van der Waals surface area contributed by atoms with E-state index in [1.807, 2.05) is 26.8 Å². The smallest absolute Gasteiger partial charge is 0.410 e. The van der Waals surface area contributed by atoms with E-state index in [2.05, 4.69) is 24.4 Å². The lowest BCUT2D eigenvalue weighted by Crippen LogP contribution is -2.39. The van der Waals surface area contributed by atoms with Crippen molar-refractivity contribution >= 4 is 49.9 Å². The SMILES string of the molecule is CC(=O)Nc1sc2c(c1-c1nc3c(C)cccc3s1)CCN(C(=O)OC(C)(C)C)C2. The second-order valence-corrected chi connectivity index (χ2v) is 10.6. The number of para-hydroxylation sites is 1. The summed E-state index contributed by atoms with van der Waals surface area (Å²) in [5.41, 5.74) is 3.77. The van der Waals surface area contributed by atoms with Crippen molar-refractivity contribution in [2.24, 2.45) is 0 Å². The minimum atomic E-state index is -0.530. The van der Waals surface area contributed by atoms with Gasteiger partial charge in [0.15, 0.2) is 0 Å². The van der Waals surface area contributed by atoms with E-state index in [1.165, 1.54) is 23.8 Å². The van der Waals surface area contributed by atoms with Gasteiger partial charge in [-0.1, -0.05) is 12.1 Å². The number of amides is 2. The Labute approximate surface area is 183 Å². The van der Waals surface area contributed by atoms with Crippen LogP contribution in [0.25, 0.3) is 20.8 Å². The molecule has 1 N–H and O–H groups in total. The minimum Gasteiger partial charge on any atom is -0.444 e. The molecule has 158 valence electrons. The number of aromatic nitrogens is 1. The van der Waals surface area contributed by atoms with Gasteiger partial charge in [-0.15, -0.1) is 22.7 Å². The summed E-state index contributed by atoms with van der Waals surface area (Å²) in [4.78, 5) is 32.1. The third kappa shape index (κ3) is 4.06. The zero-order valence-corrected chi connectivity index (χ0v) is 19.4. The minimum absolute atomic E-state index is 0.115. The van der Waals surface area contributed by atoms with Gasteiger partial charge < -0.3 is 15.0 Å². The van der Waals surface area contributed by atoms with E-state index in [-0.39, 0.29) is 12.0 Å². The van der Waals surface area contributed by atoms with Crippen LogP contribution in [0.4, 0.5) is 9.80 Å². The van der Waals surface area contributed by atoms with E-state index in [0.29, 0.717) is 19.5 Å². The van der Waals surface area contributed by atoms with Crippen molar-refractivity contribution in [3.8, 4) is 10.6 Å². The Morgan fingerprint density at radius 3 is 2.67 bits per heavy atom. The van der Waals surface area contributed by atoms with Crippen molar-refractivity contribution < 1.29 is 14.3 Å². The van der Waals surface area contributed by atoms with E-state index in [1.54, 1.807) is 16.2 Å². The molecular formula is C22H25N3O3S2. The number of hydrogen-bond acceptors (Lipinski definition) is 6. The number of hydrogen-bond donors (Lipinski definition) is 1. The maximum Gasteiger partial charge on any atom is 0.410 e. The summed E-state index contributed by atoms with van der Waals surface area (Å²) in [6, 6.07) is 6.17. The predicted molar refractivity (Wildman–Crippen MR) is 122 cm³/mol. The average Bonchev–Trinajstić information content (AvgIpc) is 3.20. The topological polar surface area (TPSA) is 71.5 Å². The summed E-state index contributed by atoms with van der Waals surface area (Å²) in [6.45, 7) is 10.2. The zero-order valence-electron chi connectivity index (χ0n) is 17.8. The van der Waals surface area contributed by atoms with Gasteiger partial charge in [0.25, 0.3) is 0 Å². The van der Waals surface area contributed by atoms with Gasteiger partial charge in [-0.25, -0.2) is 9.78 Å². The lowest BCUT2D eigenvalue weighted by Gasteiger charge is -2.30. The highest BCUT2D eigenvalue weighted by molar-refractivity contribution is 7.23. The molecule has 0 bridgehead atoms. The highest BCUT2D eigenvalue weighted by Gasteiger charge is 2.31. The molecule has 0 atom stereocenters. The molecule has 1 aromatic carbocycles. The van der Waals surface area contributed by atoms with Crippen LogP contribution in [-0.2, 0) is 22.5 Å². The van der Waals surface area contributed by atoms with Crippen LogP contribution in [0.15, 0.2) is 18.2 Å². The van der Waals surface area contributed by atoms with Crippen LogP contribution in [0, 0.1) is 6.92 Å². The Balaban J connectivity index is 1.74. The Morgan fingerprint density at radius 1 is 1.23 bits per heavy atom. The van der Waals surface area contributed by atoms with E-state index < -0.39 is 5.60 Å². The van der Waals surface area contributed by atoms with Crippen LogP contribution < -0.4 is 5.32 Å². The molecule has 30 heavy (non-hydrogen) atoms. The van der Waals surface area contributed by atoms with Gasteiger partial charge in [0.05, 0.1) is 16.8 Å². The van der Waals surface area contributed by atoms with E-state index >= 15 is 0 Å². The van der Waals surface area contributed by atoms with Gasteiger partial charge in [-0.3, -0.25) is 4.79 Å². The molecule has 3 aromatic rings. The number of fused-ring (bicyclic) bond motifs is 2. The molecule has 0 radical (unpaired) electrons. The number of aryl methyl sites for hydroxylation is 1. The van der Waals surface area contributed by atoms with E-state index in [4.69, 9.17) is 9.72 Å². The number of thiazole rings is 1. The third-order valence-corrected chi connectivity index (χ3v) is 7.00. The molecule has 4 rings (SSSR count). The van der Waals surface area contributed by atoms with Crippen LogP contribution in [0.1, 0.15) is 43.7 Å². The molecule has 0 fully saturated rings. The molecule has 1 aliphatic heterocycles. The van der Waals surface area contributed by atoms with Crippen LogP contribution in [0.3, 0.4) is 0 Å². The van der Waals surface area contributed by atoms with E-state index in [9.17, 15) is 9.59 Å². The lowest BCUT2D eigenvalue weighted by molar-refractivity contribution is -0.114. The fourth-order valence-corrected chi connectivity index (χ4v) is 6.05. The number of benzene rings is 1. The first kappa shape index (κ1) is 20.8. The summed E-state index contributed by atoms with van der Waals surface area (Å²) in [5, 5.41) is 4.69. The molecule has 2 amide bonds. The molecule has 0 spiro atoms. The fraction of sp³-hybridized carbons (Fsp3) is 0.409. The van der Waals surface area contributed by atoms with Crippen molar-refractivity contribution in [3.05, 3.63) is 34.2 Å². The molecule has 3 heterocycles. The fourth-order valence-electron chi connectivity index (χ4n) is 3.55. The number of carbonyl (C=O) groups is 2. The summed E-state index contributed by atoms with van der Waals surface area (Å²) in [5.74, 6) is -0.115. The van der Waals surface area contributed by atoms with Crippen LogP contribution in [0.2, 0.25) is 0 Å². The molecule has 0 saturated carbocycles. The van der Waals surface area contributed by atoms with Crippen molar-refractivity contribution in [2.75, 3.05) is 11.9 Å². The second kappa shape index (κ2) is 7.67. The number of rotatable bonds is 2. The van der Waals surface area contributed by atoms with Crippen LogP contribution >= 0.6 is 22.7 Å². The second-order valence-electron chi connectivity index (χ2n) is 8.48. The highest BCUT2D eigenvalue weighted by atomic mass is 32.1. The van der Waals surface area contributed by atoms with Crippen molar-refractivity contribution in [1.29, 1.82) is 0 Å². The molecule has 8 heteroatoms. The summed E-state index contributed by atoms with van der Waals surface area (Å²) >= 11 is 3.16. The first-order valence-corrected chi connectivity index (χ1v) is 11.5. The number of ether oxygens (including phenoxy) is 1. The monoisotopic (exact) mass is 443 g/mol. The van der Waals surface area contributed by atoms with Gasteiger partial charge in [-0.05, 0) is 51.3 Å². The summed E-state index contributed by atoms with van der Waals surface area (Å²) in [7, 11) is 0. The molecule has 1 aliphatic rings. The maximum absolute atomic E-state index is 12.5. The average molecular weight is 444 g/mol. The normalized spacial score (nSPS) is 14.0. The van der Waals surface area contributed by atoms with Crippen molar-refractivity contribution in [2.45, 2.75) is 53.2 Å². The Hall–Kier alpha value is -2.45. The molecule has 0 saturated heterocycles. The van der Waals surface area contributed by atoms with Crippen LogP contribution in [0.5, 0.6) is 0 Å². The third-order valence-electron chi connectivity index (χ3n) is 4.83. The Kier molecular flexibility index (Phi) is 5.32. The number of carbonyl (C=O) groups excluding carboxylic acids is 2. The highest BCUT2D eigenvalue weighted by Crippen LogP contribution is 2.46. The van der Waals surface area contributed by atoms with Crippen molar-refractivity contribution in [1.82, 2.24) is 9.88 Å². The number of nitrogens with zero attached hydrogens (tertiary/aromatic N) is 2. The first-order chi connectivity index (χ1) is 14.1. The summed E-state index contributed by atoms with van der Waals surface area (Å²) in [6.07, 6.45) is 0.398. The maximum atomic E-state index is 12.5. The number of nitrogens with one attached hydrogen (secondary N) is 1. The van der Waals surface area contributed by atoms with Gasteiger partial charge >= 0.3 is 6.09 Å². The van der Waals surface area contributed by atoms with Gasteiger partial charge in [0, 0.05) is 23.9 Å². The molecule has 6 nitrogen and oxygen atoms in total. The Bertz CT molecular complexity index is 1140. The Morgan fingerprint density at radius 2 is 2.00 bits per heavy atom. The number of anilines is 1. The molecule has 0 aliphatic carbocycles. The van der Waals surface area contributed by atoms with E-state index in [0.717, 1.165) is 36.2 Å². The quantitative estimate of drug-likeness (QED) is 0.561. The lowest BCUT2D eigenvalue weighted by atomic mass is 10.0. The summed E-state index contributed by atoms with van der Waals surface area (Å²) < 4.78 is 6.67. The molecular weight excluding hydrogens is 418 g/mol. The number of thiophene rings is 1. The zero-order chi connectivity index (χ0) is 21.6. The standard InChI is InChI=1S/C22H25N3O3S2/c1-12-7-6-8-15-18(12)24-20(29-15)17-14-9-10-25(21(27)28-22(3,4)5)11-16(14)30-19(17)23-13(2)26/h6-8H,9-11H2,1-5H3,(H,23,26). The van der Waals surface area contributed by atoms with Gasteiger partial charge in [0.1, 0.15) is 15.6 Å². The van der Waals surface area contributed by atoms with Crippen LogP contribution in [-0.4, -0.2) is 34.0 Å². The van der Waals surface area contributed by atoms with Gasteiger partial charge in [0.2, 0.25) is 5.91 Å². The molecule has 0 unspecified atom stereocenters. The van der Waals surface area contributed by atoms with Crippen molar-refractivity contribution in [3.63, 3.8) is 0 Å². The largest absolute Gasteiger partial charge is 0.444 e.